The average molecular weight is 317 g/mol. The van der Waals surface area contributed by atoms with Gasteiger partial charge in [0.2, 0.25) is 0 Å². The van der Waals surface area contributed by atoms with E-state index in [2.05, 4.69) is 4.98 Å². The fourth-order valence-corrected chi connectivity index (χ4v) is 2.53. The summed E-state index contributed by atoms with van der Waals surface area (Å²) in [5, 5.41) is 0. The fourth-order valence-electron chi connectivity index (χ4n) is 1.49. The van der Waals surface area contributed by atoms with Crippen molar-refractivity contribution < 1.29 is 21.6 Å². The van der Waals surface area contributed by atoms with Gasteiger partial charge in [0.25, 0.3) is 0 Å². The van der Waals surface area contributed by atoms with Gasteiger partial charge >= 0.3 is 6.18 Å². The SMILES string of the molecule is CS(=O)(=O)c1cccnc1N(CCCl)CC(F)(F)F. The highest BCUT2D eigenvalue weighted by Gasteiger charge is 2.32. The maximum absolute atomic E-state index is 12.5. The molecule has 0 saturated heterocycles. The van der Waals surface area contributed by atoms with Crippen LogP contribution < -0.4 is 4.90 Å². The Morgan fingerprint density at radius 2 is 2.05 bits per heavy atom. The first-order chi connectivity index (χ1) is 8.65. The van der Waals surface area contributed by atoms with Gasteiger partial charge in [0.15, 0.2) is 9.84 Å². The maximum Gasteiger partial charge on any atom is 0.405 e. The van der Waals surface area contributed by atoms with Crippen molar-refractivity contribution in [2.24, 2.45) is 0 Å². The van der Waals surface area contributed by atoms with Gasteiger partial charge in [-0.2, -0.15) is 13.2 Å². The van der Waals surface area contributed by atoms with Crippen LogP contribution in [0.25, 0.3) is 0 Å². The van der Waals surface area contributed by atoms with Gasteiger partial charge < -0.3 is 4.90 Å². The van der Waals surface area contributed by atoms with E-state index in [9.17, 15) is 21.6 Å². The Balaban J connectivity index is 3.23. The second-order valence-corrected chi connectivity index (χ2v) is 6.19. The number of anilines is 1. The zero-order chi connectivity index (χ0) is 14.7. The van der Waals surface area contributed by atoms with Gasteiger partial charge in [0.1, 0.15) is 17.3 Å². The lowest BCUT2D eigenvalue weighted by molar-refractivity contribution is -0.119. The van der Waals surface area contributed by atoms with Crippen LogP contribution in [0.15, 0.2) is 23.2 Å². The van der Waals surface area contributed by atoms with E-state index in [1.165, 1.54) is 18.3 Å². The van der Waals surface area contributed by atoms with E-state index in [4.69, 9.17) is 11.6 Å². The molecule has 1 aromatic heterocycles. The van der Waals surface area contributed by atoms with Crippen molar-refractivity contribution >= 4 is 27.3 Å². The Labute approximate surface area is 114 Å². The van der Waals surface area contributed by atoms with Crippen molar-refractivity contribution in [3.63, 3.8) is 0 Å². The number of sulfone groups is 1. The van der Waals surface area contributed by atoms with Gasteiger partial charge in [-0.25, -0.2) is 13.4 Å². The third kappa shape index (κ3) is 4.87. The molecular weight excluding hydrogens is 305 g/mol. The van der Waals surface area contributed by atoms with E-state index < -0.39 is 22.6 Å². The summed E-state index contributed by atoms with van der Waals surface area (Å²) in [5.74, 6) is -0.307. The first-order valence-electron chi connectivity index (χ1n) is 5.18. The monoisotopic (exact) mass is 316 g/mol. The van der Waals surface area contributed by atoms with Crippen LogP contribution in [-0.2, 0) is 9.84 Å². The maximum atomic E-state index is 12.5. The van der Waals surface area contributed by atoms with Gasteiger partial charge in [0, 0.05) is 24.9 Å². The number of pyridine rings is 1. The standard InChI is InChI=1S/C10H12ClF3N2O2S/c1-19(17,18)8-3-2-5-15-9(8)16(6-4-11)7-10(12,13)14/h2-3,5H,4,6-7H2,1H3. The summed E-state index contributed by atoms with van der Waals surface area (Å²) in [6.07, 6.45) is -2.32. The summed E-state index contributed by atoms with van der Waals surface area (Å²) < 4.78 is 60.5. The van der Waals surface area contributed by atoms with Crippen LogP contribution >= 0.6 is 11.6 Å². The van der Waals surface area contributed by atoms with Gasteiger partial charge in [-0.05, 0) is 12.1 Å². The molecule has 0 aromatic carbocycles. The molecule has 0 bridgehead atoms. The molecule has 0 aliphatic rings. The zero-order valence-electron chi connectivity index (χ0n) is 9.98. The minimum atomic E-state index is -4.47. The molecule has 1 heterocycles. The third-order valence-corrected chi connectivity index (χ3v) is 3.46. The second kappa shape index (κ2) is 5.96. The first-order valence-corrected chi connectivity index (χ1v) is 7.60. The van der Waals surface area contributed by atoms with Crippen molar-refractivity contribution in [1.82, 2.24) is 4.98 Å². The van der Waals surface area contributed by atoms with Crippen LogP contribution in [0, 0.1) is 0 Å². The summed E-state index contributed by atoms with van der Waals surface area (Å²) in [6.45, 7) is -1.46. The molecule has 0 saturated carbocycles. The van der Waals surface area contributed by atoms with Crippen LogP contribution in [-0.4, -0.2) is 44.8 Å². The van der Waals surface area contributed by atoms with E-state index in [0.717, 1.165) is 11.2 Å². The van der Waals surface area contributed by atoms with Crippen molar-refractivity contribution in [1.29, 1.82) is 0 Å². The highest BCUT2D eigenvalue weighted by Crippen LogP contribution is 2.26. The molecule has 0 amide bonds. The van der Waals surface area contributed by atoms with Crippen molar-refractivity contribution in [3.05, 3.63) is 18.3 Å². The lowest BCUT2D eigenvalue weighted by atomic mass is 10.4. The molecule has 0 unspecified atom stereocenters. The van der Waals surface area contributed by atoms with Crippen LogP contribution in [0.1, 0.15) is 0 Å². The molecular formula is C10H12ClF3N2O2S. The smallest absolute Gasteiger partial charge is 0.345 e. The Bertz CT molecular complexity index is 534. The Morgan fingerprint density at radius 1 is 1.42 bits per heavy atom. The molecule has 0 N–H and O–H groups in total. The average Bonchev–Trinajstić information content (AvgIpc) is 2.25. The van der Waals surface area contributed by atoms with Gasteiger partial charge in [-0.1, -0.05) is 0 Å². The number of halogens is 4. The van der Waals surface area contributed by atoms with Crippen molar-refractivity contribution in [3.8, 4) is 0 Å². The number of alkyl halides is 4. The molecule has 4 nitrogen and oxygen atoms in total. The largest absolute Gasteiger partial charge is 0.405 e. The Morgan fingerprint density at radius 3 is 2.53 bits per heavy atom. The predicted molar refractivity (Wildman–Crippen MR) is 66.3 cm³/mol. The molecule has 0 fully saturated rings. The normalized spacial score (nSPS) is 12.5. The van der Waals surface area contributed by atoms with Gasteiger partial charge in [0.05, 0.1) is 0 Å². The number of rotatable bonds is 5. The molecule has 19 heavy (non-hydrogen) atoms. The second-order valence-electron chi connectivity index (χ2n) is 3.82. The van der Waals surface area contributed by atoms with Crippen LogP contribution in [0.4, 0.5) is 19.0 Å². The summed E-state index contributed by atoms with van der Waals surface area (Å²) >= 11 is 5.46. The van der Waals surface area contributed by atoms with Crippen molar-refractivity contribution in [2.75, 3.05) is 30.1 Å². The van der Waals surface area contributed by atoms with Crippen LogP contribution in [0.5, 0.6) is 0 Å². The number of hydrogen-bond acceptors (Lipinski definition) is 4. The Hall–Kier alpha value is -1.02. The van der Waals surface area contributed by atoms with E-state index in [1.54, 1.807) is 0 Å². The highest BCUT2D eigenvalue weighted by atomic mass is 35.5. The third-order valence-electron chi connectivity index (χ3n) is 2.17. The molecule has 0 aliphatic heterocycles. The number of hydrogen-bond donors (Lipinski definition) is 0. The van der Waals surface area contributed by atoms with E-state index in [1.807, 2.05) is 0 Å². The topological polar surface area (TPSA) is 50.3 Å². The quantitative estimate of drug-likeness (QED) is 0.781. The molecule has 0 spiro atoms. The molecule has 108 valence electrons. The van der Waals surface area contributed by atoms with Crippen LogP contribution in [0.2, 0.25) is 0 Å². The minimum Gasteiger partial charge on any atom is -0.345 e. The molecule has 0 radical (unpaired) electrons. The highest BCUT2D eigenvalue weighted by molar-refractivity contribution is 7.90. The fraction of sp³-hybridized carbons (Fsp3) is 0.500. The van der Waals surface area contributed by atoms with Crippen LogP contribution in [0.3, 0.4) is 0 Å². The Kier molecular flexibility index (Phi) is 5.03. The summed E-state index contributed by atoms with van der Waals surface area (Å²) in [7, 11) is -3.67. The zero-order valence-corrected chi connectivity index (χ0v) is 11.6. The summed E-state index contributed by atoms with van der Waals surface area (Å²) in [4.78, 5) is 4.30. The molecule has 0 atom stereocenters. The number of nitrogens with zero attached hydrogens (tertiary/aromatic N) is 2. The first kappa shape index (κ1) is 16.0. The van der Waals surface area contributed by atoms with Gasteiger partial charge in [-0.3, -0.25) is 0 Å². The predicted octanol–water partition coefficient (Wildman–Crippen LogP) is 2.09. The lowest BCUT2D eigenvalue weighted by Gasteiger charge is -2.25. The molecule has 1 rings (SSSR count). The lowest BCUT2D eigenvalue weighted by Crippen LogP contribution is -2.37. The van der Waals surface area contributed by atoms with E-state index in [0.29, 0.717) is 0 Å². The van der Waals surface area contributed by atoms with E-state index in [-0.39, 0.29) is 23.1 Å². The van der Waals surface area contributed by atoms with E-state index >= 15 is 0 Å². The summed E-state index contributed by atoms with van der Waals surface area (Å²) in [5.41, 5.74) is 0. The minimum absolute atomic E-state index is 0.0736. The molecule has 1 aromatic rings. The molecule has 0 aliphatic carbocycles. The van der Waals surface area contributed by atoms with Crippen molar-refractivity contribution in [2.45, 2.75) is 11.1 Å². The summed E-state index contributed by atoms with van der Waals surface area (Å²) in [6, 6.07) is 2.57. The molecule has 9 heteroatoms. The number of aromatic nitrogens is 1. The van der Waals surface area contributed by atoms with Gasteiger partial charge in [-0.15, -0.1) is 11.6 Å².